The van der Waals surface area contributed by atoms with Gasteiger partial charge in [-0.25, -0.2) is 4.79 Å². The number of aliphatic hydroxyl groups excluding tert-OH is 3. The minimum atomic E-state index is -2.64. The maximum atomic E-state index is 14.9. The Balaban J connectivity index is 1.05. The van der Waals surface area contributed by atoms with E-state index >= 15 is 0 Å². The molecule has 308 valence electrons. The summed E-state index contributed by atoms with van der Waals surface area (Å²) in [5.41, 5.74) is -1.83. The molecule has 2 aliphatic heterocycles. The average molecular weight is 803 g/mol. The van der Waals surface area contributed by atoms with Gasteiger partial charge in [-0.1, -0.05) is 61.0 Å². The van der Waals surface area contributed by atoms with E-state index in [1.54, 1.807) is 18.2 Å². The third kappa shape index (κ3) is 4.74. The van der Waals surface area contributed by atoms with Crippen LogP contribution in [0, 0.1) is 29.1 Å². The van der Waals surface area contributed by atoms with Crippen LogP contribution in [0.1, 0.15) is 49.8 Å². The van der Waals surface area contributed by atoms with E-state index in [1.807, 2.05) is 61.6 Å². The van der Waals surface area contributed by atoms with Gasteiger partial charge in [-0.3, -0.25) is 0 Å². The first-order valence-corrected chi connectivity index (χ1v) is 21.1. The SMILES string of the molecule is CNC[C@@H]1C[C@H]2[C@@H]3C=C[C@@H](O)[C@]4(O)O[C@@H](C(=O)Oc5c(CO)[nH]c6ccc7cc8ccccc8cc7c56)[C@H](O[C@@H]2[C@@]2(CC[C@H]5CCC[C@]52c2ccc(O)cc2)[C@@H]1O)[C@]34O. The number of esters is 1. The molecule has 4 aliphatic carbocycles. The van der Waals surface area contributed by atoms with Gasteiger partial charge < -0.3 is 55.2 Å². The summed E-state index contributed by atoms with van der Waals surface area (Å²) in [6.07, 6.45) is 1.27. The smallest absolute Gasteiger partial charge is 0.343 e. The number of hydrogen-bond donors (Lipinski definition) is 8. The number of aromatic hydroxyl groups is 1. The fourth-order valence-electron chi connectivity index (χ4n) is 13.6. The zero-order chi connectivity index (χ0) is 40.6. The Labute approximate surface area is 340 Å². The Hall–Kier alpha value is -4.37. The van der Waals surface area contributed by atoms with E-state index < -0.39 is 77.1 Å². The maximum Gasteiger partial charge on any atom is 0.343 e. The molecule has 11 rings (SSSR count). The average Bonchev–Trinajstić information content (AvgIpc) is 3.97. The van der Waals surface area contributed by atoms with Crippen LogP contribution in [0.4, 0.5) is 0 Å². The van der Waals surface area contributed by atoms with E-state index in [4.69, 9.17) is 14.2 Å². The summed E-state index contributed by atoms with van der Waals surface area (Å²) in [5, 5.41) is 78.3. The predicted molar refractivity (Wildman–Crippen MR) is 217 cm³/mol. The summed E-state index contributed by atoms with van der Waals surface area (Å²) in [7, 11) is 1.85. The van der Waals surface area contributed by atoms with Crippen molar-refractivity contribution in [3.63, 3.8) is 0 Å². The van der Waals surface area contributed by atoms with Gasteiger partial charge in [0.2, 0.25) is 5.79 Å². The molecule has 1 aromatic heterocycles. The van der Waals surface area contributed by atoms with Gasteiger partial charge in [0.05, 0.1) is 35.4 Å². The highest BCUT2D eigenvalue weighted by molar-refractivity contribution is 6.14. The number of ether oxygens (including phenoxy) is 3. The number of phenolic OH excluding ortho intramolecular Hbond substituents is 1. The van der Waals surface area contributed by atoms with Crippen molar-refractivity contribution in [2.75, 3.05) is 13.6 Å². The van der Waals surface area contributed by atoms with E-state index in [-0.39, 0.29) is 29.0 Å². The molecule has 1 spiro atoms. The number of fused-ring (bicyclic) bond motifs is 9. The van der Waals surface area contributed by atoms with E-state index in [9.17, 15) is 35.4 Å². The van der Waals surface area contributed by atoms with Gasteiger partial charge in [-0.2, -0.15) is 0 Å². The zero-order valence-electron chi connectivity index (χ0n) is 32.8. The molecule has 5 fully saturated rings. The van der Waals surface area contributed by atoms with Crippen molar-refractivity contribution in [2.45, 2.75) is 92.5 Å². The molecular weight excluding hydrogens is 753 g/mol. The Kier molecular flexibility index (Phi) is 8.33. The van der Waals surface area contributed by atoms with Crippen LogP contribution in [-0.4, -0.2) is 97.1 Å². The van der Waals surface area contributed by atoms with Crippen molar-refractivity contribution in [1.29, 1.82) is 0 Å². The first-order valence-electron chi connectivity index (χ1n) is 21.1. The Morgan fingerprint density at radius 1 is 0.949 bits per heavy atom. The van der Waals surface area contributed by atoms with Gasteiger partial charge in [0.1, 0.15) is 18.0 Å². The lowest BCUT2D eigenvalue weighted by molar-refractivity contribution is -0.349. The molecule has 2 saturated heterocycles. The quantitative estimate of drug-likeness (QED) is 0.0688. The van der Waals surface area contributed by atoms with Gasteiger partial charge in [0.15, 0.2) is 17.5 Å². The minimum Gasteiger partial charge on any atom is -0.508 e. The number of aromatic nitrogens is 1. The van der Waals surface area contributed by atoms with Gasteiger partial charge >= 0.3 is 5.97 Å². The molecule has 0 radical (unpaired) electrons. The molecule has 8 N–H and O–H groups in total. The zero-order valence-corrected chi connectivity index (χ0v) is 32.8. The highest BCUT2D eigenvalue weighted by Gasteiger charge is 2.81. The van der Waals surface area contributed by atoms with Crippen molar-refractivity contribution >= 4 is 38.4 Å². The topological polar surface area (TPSA) is 194 Å². The van der Waals surface area contributed by atoms with Crippen LogP contribution in [0.25, 0.3) is 32.4 Å². The number of hydrogen-bond acceptors (Lipinski definition) is 11. The van der Waals surface area contributed by atoms with E-state index in [1.165, 1.54) is 6.08 Å². The number of carbonyl (C=O) groups is 1. The molecule has 59 heavy (non-hydrogen) atoms. The molecule has 0 amide bonds. The minimum absolute atomic E-state index is 0.0880. The second kappa shape index (κ2) is 13.1. The van der Waals surface area contributed by atoms with Crippen molar-refractivity contribution in [1.82, 2.24) is 10.3 Å². The maximum absolute atomic E-state index is 14.9. The molecule has 5 aromatic rings. The predicted octanol–water partition coefficient (Wildman–Crippen LogP) is 4.45. The third-order valence-corrected chi connectivity index (χ3v) is 15.9. The van der Waals surface area contributed by atoms with Gasteiger partial charge in [0, 0.05) is 23.3 Å². The van der Waals surface area contributed by atoms with Crippen LogP contribution in [0.2, 0.25) is 0 Å². The normalized spacial score (nSPS) is 39.5. The van der Waals surface area contributed by atoms with Gasteiger partial charge in [0.25, 0.3) is 0 Å². The number of H-pyrrole nitrogens is 1. The Morgan fingerprint density at radius 3 is 2.49 bits per heavy atom. The Bertz CT molecular complexity index is 2540. The second-order valence-corrected chi connectivity index (χ2v) is 18.2. The number of carbonyl (C=O) groups excluding carboxylic acids is 1. The summed E-state index contributed by atoms with van der Waals surface area (Å²) >= 11 is 0. The number of benzene rings is 4. The molecular formula is C47H50N2O10. The van der Waals surface area contributed by atoms with Crippen LogP contribution in [-0.2, 0) is 26.3 Å². The van der Waals surface area contributed by atoms with Crippen molar-refractivity contribution < 1.29 is 49.6 Å². The van der Waals surface area contributed by atoms with Gasteiger partial charge in [-0.05, 0) is 114 Å². The van der Waals surface area contributed by atoms with Crippen LogP contribution < -0.4 is 10.1 Å². The molecule has 3 heterocycles. The van der Waals surface area contributed by atoms with Crippen LogP contribution in [0.3, 0.4) is 0 Å². The van der Waals surface area contributed by atoms with Crippen LogP contribution >= 0.6 is 0 Å². The largest absolute Gasteiger partial charge is 0.508 e. The summed E-state index contributed by atoms with van der Waals surface area (Å²) in [6, 6.07) is 23.1. The number of aromatic amines is 1. The molecule has 12 heteroatoms. The molecule has 3 saturated carbocycles. The lowest BCUT2D eigenvalue weighted by Crippen LogP contribution is -2.77. The van der Waals surface area contributed by atoms with Crippen LogP contribution in [0.5, 0.6) is 11.5 Å². The van der Waals surface area contributed by atoms with Crippen molar-refractivity contribution in [3.8, 4) is 11.5 Å². The third-order valence-electron chi connectivity index (χ3n) is 15.9. The monoisotopic (exact) mass is 802 g/mol. The summed E-state index contributed by atoms with van der Waals surface area (Å²) < 4.78 is 19.7. The molecule has 13 atom stereocenters. The molecule has 0 unspecified atom stereocenters. The lowest BCUT2D eigenvalue weighted by atomic mass is 9.45. The van der Waals surface area contributed by atoms with Crippen LogP contribution in [0.15, 0.2) is 84.9 Å². The Morgan fingerprint density at radius 2 is 1.73 bits per heavy atom. The standard InChI is InChI=1S/C47H50N2O10/c1-48-22-27-21-32-33-13-15-36(52)47(56)46(33,55)42(58-41(32)45(40(27)53)18-16-28-7-4-17-44(28,45)29-9-11-30(51)12-10-29)39(59-47)43(54)57-38-35(23-50)49-34-14-8-26-19-24-5-2-3-6-25(24)20-31(26)37(34)38/h2-3,5-6,8-15,19-20,27-28,32-33,36,39-42,48-53,55-56H,4,7,16-18,21-23H2,1H3/t27-,28+,32-,33-,36+,39+,40+,41-,42-,44+,45+,46+,47-/m0/s1. The molecule has 4 aromatic carbocycles. The summed E-state index contributed by atoms with van der Waals surface area (Å²) in [6.45, 7) is 0.0241. The second-order valence-electron chi connectivity index (χ2n) is 18.2. The van der Waals surface area contributed by atoms with E-state index in [2.05, 4.69) is 16.4 Å². The number of rotatable bonds is 6. The van der Waals surface area contributed by atoms with Crippen molar-refractivity contribution in [3.05, 3.63) is 96.2 Å². The molecule has 12 nitrogen and oxygen atoms in total. The van der Waals surface area contributed by atoms with E-state index in [0.717, 1.165) is 52.8 Å². The number of phenols is 1. The fourth-order valence-corrected chi connectivity index (χ4v) is 13.6. The van der Waals surface area contributed by atoms with Gasteiger partial charge in [-0.15, -0.1) is 0 Å². The molecule has 0 bridgehead atoms. The number of aliphatic hydroxyl groups is 5. The van der Waals surface area contributed by atoms with E-state index in [0.29, 0.717) is 30.3 Å². The van der Waals surface area contributed by atoms with Crippen molar-refractivity contribution in [2.24, 2.45) is 29.1 Å². The number of nitrogens with one attached hydrogen (secondary N) is 2. The fraction of sp³-hybridized carbons (Fsp3) is 0.468. The highest BCUT2D eigenvalue weighted by atomic mass is 16.7. The summed E-state index contributed by atoms with van der Waals surface area (Å²) in [4.78, 5) is 18.1. The first kappa shape index (κ1) is 37.6. The highest BCUT2D eigenvalue weighted by Crippen LogP contribution is 2.73. The molecule has 6 aliphatic rings. The lowest BCUT2D eigenvalue weighted by Gasteiger charge is -2.65. The summed E-state index contributed by atoms with van der Waals surface area (Å²) in [5.74, 6) is -4.69. The first-order chi connectivity index (χ1) is 28.5.